The smallest absolute Gasteiger partial charge is 0.222 e. The van der Waals surface area contributed by atoms with E-state index in [1.807, 2.05) is 42.5 Å². The van der Waals surface area contributed by atoms with Crippen molar-refractivity contribution in [2.45, 2.75) is 44.7 Å². The van der Waals surface area contributed by atoms with Crippen molar-refractivity contribution in [1.82, 2.24) is 15.5 Å². The normalized spacial score (nSPS) is 16.2. The van der Waals surface area contributed by atoms with Gasteiger partial charge in [0.25, 0.3) is 0 Å². The lowest BCUT2D eigenvalue weighted by Crippen LogP contribution is -2.41. The molecule has 2 aromatic rings. The minimum Gasteiger partial charge on any atom is -0.497 e. The summed E-state index contributed by atoms with van der Waals surface area (Å²) >= 11 is 0. The van der Waals surface area contributed by atoms with Crippen molar-refractivity contribution in [3.63, 3.8) is 0 Å². The Morgan fingerprint density at radius 3 is 2.26 bits per heavy atom. The molecule has 1 aliphatic rings. The quantitative estimate of drug-likeness (QED) is 0.646. The maximum atomic E-state index is 12.8. The van der Waals surface area contributed by atoms with E-state index < -0.39 is 0 Å². The van der Waals surface area contributed by atoms with Gasteiger partial charge in [-0.3, -0.25) is 14.5 Å². The number of ether oxygens (including phenoxy) is 1. The Hall–Kier alpha value is -2.86. The standard InChI is InChI=1S/C25H33N3O3/c1-19(29)27-23(20-9-5-3-6-10-20)17-25(30)26-18-24(28-15-7-4-8-16-28)21-11-13-22(31-2)14-12-21/h3,5-6,9-14,23-24H,4,7-8,15-18H2,1-2H3,(H,26,30)(H,27,29). The number of hydrogen-bond donors (Lipinski definition) is 2. The summed E-state index contributed by atoms with van der Waals surface area (Å²) in [5.41, 5.74) is 2.10. The van der Waals surface area contributed by atoms with Crippen molar-refractivity contribution in [2.24, 2.45) is 0 Å². The highest BCUT2D eigenvalue weighted by Crippen LogP contribution is 2.26. The summed E-state index contributed by atoms with van der Waals surface area (Å²) in [6.45, 7) is 4.08. The average molecular weight is 424 g/mol. The fraction of sp³-hybridized carbons (Fsp3) is 0.440. The molecule has 1 saturated heterocycles. The van der Waals surface area contributed by atoms with Crippen LogP contribution >= 0.6 is 0 Å². The first-order valence-electron chi connectivity index (χ1n) is 11.0. The van der Waals surface area contributed by atoms with Crippen LogP contribution in [0.25, 0.3) is 0 Å². The highest BCUT2D eigenvalue weighted by Gasteiger charge is 2.24. The van der Waals surface area contributed by atoms with E-state index in [2.05, 4.69) is 27.7 Å². The van der Waals surface area contributed by atoms with E-state index in [4.69, 9.17) is 4.74 Å². The van der Waals surface area contributed by atoms with Crippen molar-refractivity contribution < 1.29 is 14.3 Å². The Balaban J connectivity index is 1.67. The minimum absolute atomic E-state index is 0.0712. The number of carbonyl (C=O) groups is 2. The van der Waals surface area contributed by atoms with Crippen LogP contribution in [0.5, 0.6) is 5.75 Å². The molecule has 2 atom stereocenters. The number of benzene rings is 2. The molecule has 1 fully saturated rings. The van der Waals surface area contributed by atoms with Gasteiger partial charge < -0.3 is 15.4 Å². The fourth-order valence-electron chi connectivity index (χ4n) is 4.16. The first kappa shape index (κ1) is 22.8. The molecule has 0 radical (unpaired) electrons. The molecule has 166 valence electrons. The van der Waals surface area contributed by atoms with Crippen molar-refractivity contribution in [1.29, 1.82) is 0 Å². The van der Waals surface area contributed by atoms with E-state index in [1.54, 1.807) is 7.11 Å². The minimum atomic E-state index is -0.340. The number of likely N-dealkylation sites (tertiary alicyclic amines) is 1. The summed E-state index contributed by atoms with van der Waals surface area (Å²) < 4.78 is 5.29. The Kier molecular flexibility index (Phi) is 8.47. The van der Waals surface area contributed by atoms with Crippen molar-refractivity contribution >= 4 is 11.8 Å². The molecule has 2 N–H and O–H groups in total. The lowest BCUT2D eigenvalue weighted by molar-refractivity contribution is -0.123. The molecule has 6 heteroatoms. The zero-order chi connectivity index (χ0) is 22.1. The molecule has 2 aromatic carbocycles. The molecule has 0 aliphatic carbocycles. The van der Waals surface area contributed by atoms with Crippen LogP contribution in [-0.2, 0) is 9.59 Å². The third-order valence-corrected chi connectivity index (χ3v) is 5.79. The third-order valence-electron chi connectivity index (χ3n) is 5.79. The molecule has 3 rings (SSSR count). The first-order chi connectivity index (χ1) is 15.1. The van der Waals surface area contributed by atoms with E-state index in [9.17, 15) is 9.59 Å². The van der Waals surface area contributed by atoms with Gasteiger partial charge >= 0.3 is 0 Å². The molecular formula is C25H33N3O3. The molecule has 2 amide bonds. The molecule has 0 aromatic heterocycles. The van der Waals surface area contributed by atoms with Crippen LogP contribution in [0.2, 0.25) is 0 Å². The molecule has 6 nitrogen and oxygen atoms in total. The van der Waals surface area contributed by atoms with Gasteiger partial charge in [0.1, 0.15) is 5.75 Å². The largest absolute Gasteiger partial charge is 0.497 e. The molecule has 0 spiro atoms. The van der Waals surface area contributed by atoms with Crippen LogP contribution in [0.4, 0.5) is 0 Å². The monoisotopic (exact) mass is 423 g/mol. The summed E-state index contributed by atoms with van der Waals surface area (Å²) in [7, 11) is 1.66. The average Bonchev–Trinajstić information content (AvgIpc) is 2.80. The topological polar surface area (TPSA) is 70.7 Å². The van der Waals surface area contributed by atoms with Gasteiger partial charge in [-0.1, -0.05) is 48.9 Å². The number of amides is 2. The van der Waals surface area contributed by atoms with Gasteiger partial charge in [-0.25, -0.2) is 0 Å². The van der Waals surface area contributed by atoms with Gasteiger partial charge in [-0.2, -0.15) is 0 Å². The van der Waals surface area contributed by atoms with Gasteiger partial charge in [-0.05, 0) is 49.2 Å². The van der Waals surface area contributed by atoms with Crippen LogP contribution in [0.3, 0.4) is 0 Å². The predicted octanol–water partition coefficient (Wildman–Crippen LogP) is 3.61. The van der Waals surface area contributed by atoms with Crippen molar-refractivity contribution in [2.75, 3.05) is 26.7 Å². The van der Waals surface area contributed by atoms with E-state index in [0.29, 0.717) is 6.54 Å². The van der Waals surface area contributed by atoms with E-state index >= 15 is 0 Å². The third kappa shape index (κ3) is 6.82. The van der Waals surface area contributed by atoms with E-state index in [-0.39, 0.29) is 30.3 Å². The zero-order valence-corrected chi connectivity index (χ0v) is 18.5. The zero-order valence-electron chi connectivity index (χ0n) is 18.5. The maximum Gasteiger partial charge on any atom is 0.222 e. The summed E-state index contributed by atoms with van der Waals surface area (Å²) in [6, 6.07) is 17.5. The molecule has 1 aliphatic heterocycles. The maximum absolute atomic E-state index is 12.8. The Morgan fingerprint density at radius 2 is 1.65 bits per heavy atom. The number of carbonyl (C=O) groups excluding carboxylic acids is 2. The summed E-state index contributed by atoms with van der Waals surface area (Å²) in [5.74, 6) is 0.607. The molecule has 1 heterocycles. The number of hydrogen-bond acceptors (Lipinski definition) is 4. The molecule has 31 heavy (non-hydrogen) atoms. The number of methoxy groups -OCH3 is 1. The molecule has 0 saturated carbocycles. The predicted molar refractivity (Wildman–Crippen MR) is 122 cm³/mol. The van der Waals surface area contributed by atoms with E-state index in [1.165, 1.54) is 31.7 Å². The van der Waals surface area contributed by atoms with Gasteiger partial charge in [0.15, 0.2) is 0 Å². The van der Waals surface area contributed by atoms with Gasteiger partial charge in [0, 0.05) is 13.5 Å². The van der Waals surface area contributed by atoms with Gasteiger partial charge in [-0.15, -0.1) is 0 Å². The van der Waals surface area contributed by atoms with Crippen LogP contribution in [0.1, 0.15) is 55.8 Å². The molecule has 0 bridgehead atoms. The lowest BCUT2D eigenvalue weighted by atomic mass is 10.0. The Labute approximate surface area is 185 Å². The SMILES string of the molecule is COc1ccc(C(CNC(=O)CC(NC(C)=O)c2ccccc2)N2CCCCC2)cc1. The van der Waals surface area contributed by atoms with Gasteiger partial charge in [0.2, 0.25) is 11.8 Å². The van der Waals surface area contributed by atoms with Crippen molar-refractivity contribution in [3.05, 3.63) is 65.7 Å². The van der Waals surface area contributed by atoms with Crippen LogP contribution in [0.15, 0.2) is 54.6 Å². The summed E-state index contributed by atoms with van der Waals surface area (Å²) in [4.78, 5) is 26.9. The first-order valence-corrected chi connectivity index (χ1v) is 11.0. The van der Waals surface area contributed by atoms with Gasteiger partial charge in [0.05, 0.1) is 25.6 Å². The molecule has 2 unspecified atom stereocenters. The highest BCUT2D eigenvalue weighted by molar-refractivity contribution is 5.79. The highest BCUT2D eigenvalue weighted by atomic mass is 16.5. The van der Waals surface area contributed by atoms with Crippen LogP contribution < -0.4 is 15.4 Å². The second-order valence-electron chi connectivity index (χ2n) is 8.06. The van der Waals surface area contributed by atoms with E-state index in [0.717, 1.165) is 24.4 Å². The number of piperidine rings is 1. The number of nitrogens with zero attached hydrogens (tertiary/aromatic N) is 1. The fourth-order valence-corrected chi connectivity index (χ4v) is 4.16. The number of rotatable bonds is 9. The Bertz CT molecular complexity index is 833. The lowest BCUT2D eigenvalue weighted by Gasteiger charge is -2.35. The second kappa shape index (κ2) is 11.5. The summed E-state index contributed by atoms with van der Waals surface area (Å²) in [5, 5.41) is 6.02. The molecular weight excluding hydrogens is 390 g/mol. The van der Waals surface area contributed by atoms with Crippen molar-refractivity contribution in [3.8, 4) is 5.75 Å². The summed E-state index contributed by atoms with van der Waals surface area (Å²) in [6.07, 6.45) is 3.82. The Morgan fingerprint density at radius 1 is 0.968 bits per heavy atom. The van der Waals surface area contributed by atoms with Crippen LogP contribution in [0, 0.1) is 0 Å². The number of nitrogens with one attached hydrogen (secondary N) is 2. The second-order valence-corrected chi connectivity index (χ2v) is 8.06. The van der Waals surface area contributed by atoms with Crippen LogP contribution in [-0.4, -0.2) is 43.5 Å².